The lowest BCUT2D eigenvalue weighted by Crippen LogP contribution is -2.28. The number of fused-ring (bicyclic) bond motifs is 1. The quantitative estimate of drug-likeness (QED) is 0.723. The largest absolute Gasteiger partial charge is 0.475 e. The minimum Gasteiger partial charge on any atom is -0.475 e. The number of hydrogen-bond donors (Lipinski definition) is 1. The molecule has 0 spiro atoms. The second kappa shape index (κ2) is 6.59. The highest BCUT2D eigenvalue weighted by Gasteiger charge is 2.13. The van der Waals surface area contributed by atoms with Crippen LogP contribution in [0.25, 0.3) is 10.9 Å². The van der Waals surface area contributed by atoms with Crippen molar-refractivity contribution in [1.82, 2.24) is 9.71 Å². The van der Waals surface area contributed by atoms with Crippen LogP contribution in [0, 0.1) is 13.8 Å². The van der Waals surface area contributed by atoms with Crippen molar-refractivity contribution < 1.29 is 13.2 Å². The van der Waals surface area contributed by atoms with Crippen molar-refractivity contribution in [2.45, 2.75) is 18.7 Å². The Morgan fingerprint density at radius 3 is 2.54 bits per heavy atom. The average molecular weight is 342 g/mol. The Labute approximate surface area is 141 Å². The molecule has 0 atom stereocenters. The van der Waals surface area contributed by atoms with E-state index in [-0.39, 0.29) is 11.6 Å². The Morgan fingerprint density at radius 2 is 1.79 bits per heavy atom. The molecule has 0 aliphatic heterocycles. The zero-order chi connectivity index (χ0) is 17.2. The van der Waals surface area contributed by atoms with E-state index in [2.05, 4.69) is 9.71 Å². The number of nitrogens with zero attached hydrogens (tertiary/aromatic N) is 1. The van der Waals surface area contributed by atoms with Gasteiger partial charge >= 0.3 is 0 Å². The molecule has 6 heteroatoms. The monoisotopic (exact) mass is 342 g/mol. The van der Waals surface area contributed by atoms with E-state index in [1.807, 2.05) is 32.0 Å². The summed E-state index contributed by atoms with van der Waals surface area (Å²) < 4.78 is 32.4. The maximum atomic E-state index is 12.2. The van der Waals surface area contributed by atoms with E-state index < -0.39 is 10.0 Å². The summed E-state index contributed by atoms with van der Waals surface area (Å²) in [7, 11) is -3.60. The van der Waals surface area contributed by atoms with Gasteiger partial charge in [0.05, 0.1) is 4.90 Å². The van der Waals surface area contributed by atoms with Gasteiger partial charge in [0.25, 0.3) is 0 Å². The predicted octanol–water partition coefficient (Wildman–Crippen LogP) is 3.17. The zero-order valence-corrected chi connectivity index (χ0v) is 14.3. The van der Waals surface area contributed by atoms with Gasteiger partial charge in [-0.05, 0) is 43.7 Å². The van der Waals surface area contributed by atoms with E-state index in [0.717, 1.165) is 22.2 Å². The van der Waals surface area contributed by atoms with Crippen molar-refractivity contribution >= 4 is 20.9 Å². The Bertz CT molecular complexity index is 970. The second-order valence-corrected chi connectivity index (χ2v) is 7.25. The molecule has 0 amide bonds. The number of sulfonamides is 1. The van der Waals surface area contributed by atoms with Crippen LogP contribution in [0.2, 0.25) is 0 Å². The average Bonchev–Trinajstić information content (AvgIpc) is 2.56. The van der Waals surface area contributed by atoms with Gasteiger partial charge < -0.3 is 4.74 Å². The number of nitrogens with one attached hydrogen (secondary N) is 1. The lowest BCUT2D eigenvalue weighted by atomic mass is 10.1. The van der Waals surface area contributed by atoms with Gasteiger partial charge in [0, 0.05) is 11.1 Å². The lowest BCUT2D eigenvalue weighted by molar-refractivity contribution is 0.314. The van der Waals surface area contributed by atoms with Crippen molar-refractivity contribution in [3.05, 3.63) is 65.9 Å². The van der Waals surface area contributed by atoms with Crippen LogP contribution in [0.3, 0.4) is 0 Å². The van der Waals surface area contributed by atoms with Gasteiger partial charge in [-0.15, -0.1) is 0 Å². The van der Waals surface area contributed by atoms with Crippen LogP contribution in [0.1, 0.15) is 11.3 Å². The van der Waals surface area contributed by atoms with Crippen LogP contribution in [-0.4, -0.2) is 20.1 Å². The van der Waals surface area contributed by atoms with E-state index >= 15 is 0 Å². The number of ether oxygens (including phenoxy) is 1. The molecule has 0 aliphatic carbocycles. The Kier molecular flexibility index (Phi) is 4.51. The number of rotatable bonds is 5. The summed E-state index contributed by atoms with van der Waals surface area (Å²) in [6.07, 6.45) is 0. The number of pyridine rings is 1. The number of benzene rings is 2. The summed E-state index contributed by atoms with van der Waals surface area (Å²) in [5.74, 6) is 0.551. The van der Waals surface area contributed by atoms with Crippen LogP contribution in [0.5, 0.6) is 5.75 Å². The van der Waals surface area contributed by atoms with Crippen LogP contribution in [-0.2, 0) is 10.0 Å². The standard InChI is InChI=1S/C18H18N2O3S/c1-13-11-14(2)20-18-16(13)9-6-10-17(18)23-12-19-24(21,22)15-7-4-3-5-8-15/h3-11,19H,12H2,1-2H3. The SMILES string of the molecule is Cc1cc(C)c2cccc(OCNS(=O)(=O)c3ccccc3)c2n1. The van der Waals surface area contributed by atoms with Gasteiger partial charge in [0.2, 0.25) is 10.0 Å². The number of aromatic nitrogens is 1. The van der Waals surface area contributed by atoms with Crippen molar-refractivity contribution in [1.29, 1.82) is 0 Å². The minimum absolute atomic E-state index is 0.162. The first-order valence-electron chi connectivity index (χ1n) is 7.52. The van der Waals surface area contributed by atoms with E-state index in [0.29, 0.717) is 5.75 Å². The molecule has 0 saturated heterocycles. The first kappa shape index (κ1) is 16.4. The van der Waals surface area contributed by atoms with E-state index in [4.69, 9.17) is 4.74 Å². The number of hydrogen-bond acceptors (Lipinski definition) is 4. The summed E-state index contributed by atoms with van der Waals surface area (Å²) in [5, 5.41) is 0.990. The van der Waals surface area contributed by atoms with Gasteiger partial charge in [-0.2, -0.15) is 4.72 Å². The first-order valence-corrected chi connectivity index (χ1v) is 9.00. The molecule has 1 aromatic heterocycles. The molecule has 0 unspecified atom stereocenters. The Hall–Kier alpha value is -2.44. The topological polar surface area (TPSA) is 68.3 Å². The number of para-hydroxylation sites is 1. The summed E-state index contributed by atoms with van der Waals surface area (Å²) in [5.41, 5.74) is 2.72. The molecular weight excluding hydrogens is 324 g/mol. The van der Waals surface area contributed by atoms with Crippen molar-refractivity contribution in [3.8, 4) is 5.75 Å². The smallest absolute Gasteiger partial charge is 0.243 e. The first-order chi connectivity index (χ1) is 11.5. The molecule has 0 radical (unpaired) electrons. The molecule has 124 valence electrons. The fraction of sp³-hybridized carbons (Fsp3) is 0.167. The maximum absolute atomic E-state index is 12.2. The van der Waals surface area contributed by atoms with Crippen molar-refractivity contribution in [3.63, 3.8) is 0 Å². The third kappa shape index (κ3) is 3.39. The Morgan fingerprint density at radius 1 is 1.04 bits per heavy atom. The van der Waals surface area contributed by atoms with E-state index in [1.165, 1.54) is 12.1 Å². The molecule has 24 heavy (non-hydrogen) atoms. The van der Waals surface area contributed by atoms with Crippen molar-refractivity contribution in [2.75, 3.05) is 6.73 Å². The highest BCUT2D eigenvalue weighted by atomic mass is 32.2. The molecule has 0 bridgehead atoms. The molecule has 3 rings (SSSR count). The third-order valence-electron chi connectivity index (χ3n) is 3.67. The zero-order valence-electron chi connectivity index (χ0n) is 13.5. The van der Waals surface area contributed by atoms with Crippen LogP contribution >= 0.6 is 0 Å². The van der Waals surface area contributed by atoms with E-state index in [9.17, 15) is 8.42 Å². The molecule has 0 fully saturated rings. The maximum Gasteiger partial charge on any atom is 0.243 e. The van der Waals surface area contributed by atoms with Gasteiger partial charge in [-0.25, -0.2) is 13.4 Å². The lowest BCUT2D eigenvalue weighted by Gasteiger charge is -2.12. The molecule has 0 aliphatic rings. The molecular formula is C18H18N2O3S. The van der Waals surface area contributed by atoms with E-state index in [1.54, 1.807) is 24.3 Å². The van der Waals surface area contributed by atoms with Gasteiger partial charge in [0.15, 0.2) is 6.73 Å². The number of aryl methyl sites for hydroxylation is 2. The predicted molar refractivity (Wildman–Crippen MR) is 93.5 cm³/mol. The molecule has 3 aromatic rings. The molecule has 1 N–H and O–H groups in total. The molecule has 1 heterocycles. The fourth-order valence-corrected chi connectivity index (χ4v) is 3.44. The Balaban J connectivity index is 1.80. The molecule has 0 saturated carbocycles. The van der Waals surface area contributed by atoms with Crippen LogP contribution in [0.15, 0.2) is 59.5 Å². The highest BCUT2D eigenvalue weighted by molar-refractivity contribution is 7.89. The van der Waals surface area contributed by atoms with Crippen molar-refractivity contribution in [2.24, 2.45) is 0 Å². The third-order valence-corrected chi connectivity index (χ3v) is 5.06. The van der Waals surface area contributed by atoms with Gasteiger partial charge in [-0.1, -0.05) is 30.3 Å². The second-order valence-electron chi connectivity index (χ2n) is 5.48. The normalized spacial score (nSPS) is 11.6. The molecule has 2 aromatic carbocycles. The highest BCUT2D eigenvalue weighted by Crippen LogP contribution is 2.26. The van der Waals surface area contributed by atoms with Crippen LogP contribution in [0.4, 0.5) is 0 Å². The summed E-state index contributed by atoms with van der Waals surface area (Å²) in [6, 6.07) is 15.8. The fourth-order valence-electron chi connectivity index (χ4n) is 2.54. The summed E-state index contributed by atoms with van der Waals surface area (Å²) >= 11 is 0. The summed E-state index contributed by atoms with van der Waals surface area (Å²) in [4.78, 5) is 4.71. The molecule has 5 nitrogen and oxygen atoms in total. The van der Waals surface area contributed by atoms with Crippen LogP contribution < -0.4 is 9.46 Å². The summed E-state index contributed by atoms with van der Waals surface area (Å²) in [6.45, 7) is 3.77. The van der Waals surface area contributed by atoms with Gasteiger partial charge in [-0.3, -0.25) is 0 Å². The van der Waals surface area contributed by atoms with Gasteiger partial charge in [0.1, 0.15) is 11.3 Å². The minimum atomic E-state index is -3.60.